The summed E-state index contributed by atoms with van der Waals surface area (Å²) < 4.78 is 11.8. The number of ether oxygens (including phenoxy) is 2. The Labute approximate surface area is 132 Å². The SMILES string of the molecule is CCCc1nc(NC)cc(Oc2ccc(OC)cc2Br)n1. The minimum Gasteiger partial charge on any atom is -0.497 e. The average molecular weight is 352 g/mol. The first kappa shape index (κ1) is 15.6. The van der Waals surface area contributed by atoms with Gasteiger partial charge in [0, 0.05) is 19.5 Å². The molecule has 0 aliphatic carbocycles. The molecule has 0 saturated heterocycles. The fourth-order valence-corrected chi connectivity index (χ4v) is 2.23. The molecule has 0 amide bonds. The van der Waals surface area contributed by atoms with E-state index in [1.165, 1.54) is 0 Å². The maximum absolute atomic E-state index is 5.84. The van der Waals surface area contributed by atoms with Crippen LogP contribution in [0.2, 0.25) is 0 Å². The van der Waals surface area contributed by atoms with Crippen molar-refractivity contribution < 1.29 is 9.47 Å². The van der Waals surface area contributed by atoms with Gasteiger partial charge in [-0.15, -0.1) is 0 Å². The molecule has 0 saturated carbocycles. The van der Waals surface area contributed by atoms with Gasteiger partial charge in [-0.2, -0.15) is 4.98 Å². The molecular formula is C15H18BrN3O2. The highest BCUT2D eigenvalue weighted by Crippen LogP contribution is 2.32. The van der Waals surface area contributed by atoms with Crippen LogP contribution in [0.25, 0.3) is 0 Å². The van der Waals surface area contributed by atoms with Gasteiger partial charge in [0.05, 0.1) is 11.6 Å². The molecule has 0 aliphatic heterocycles. The number of hydrogen-bond donors (Lipinski definition) is 1. The summed E-state index contributed by atoms with van der Waals surface area (Å²) in [5.41, 5.74) is 0. The Bertz CT molecular complexity index is 620. The molecule has 0 radical (unpaired) electrons. The molecule has 2 aromatic rings. The van der Waals surface area contributed by atoms with Crippen molar-refractivity contribution in [3.05, 3.63) is 34.6 Å². The highest BCUT2D eigenvalue weighted by Gasteiger charge is 2.09. The van der Waals surface area contributed by atoms with Gasteiger partial charge in [0.1, 0.15) is 23.1 Å². The normalized spacial score (nSPS) is 10.3. The van der Waals surface area contributed by atoms with E-state index in [2.05, 4.69) is 38.1 Å². The van der Waals surface area contributed by atoms with Crippen LogP contribution in [0.1, 0.15) is 19.2 Å². The number of halogens is 1. The summed E-state index contributed by atoms with van der Waals surface area (Å²) >= 11 is 3.47. The Morgan fingerprint density at radius 1 is 1.24 bits per heavy atom. The Morgan fingerprint density at radius 3 is 2.67 bits per heavy atom. The van der Waals surface area contributed by atoms with Gasteiger partial charge < -0.3 is 14.8 Å². The van der Waals surface area contributed by atoms with E-state index >= 15 is 0 Å². The van der Waals surface area contributed by atoms with E-state index in [4.69, 9.17) is 9.47 Å². The summed E-state index contributed by atoms with van der Waals surface area (Å²) in [6, 6.07) is 7.30. The van der Waals surface area contributed by atoms with E-state index in [1.807, 2.05) is 25.2 Å². The van der Waals surface area contributed by atoms with Gasteiger partial charge >= 0.3 is 0 Å². The van der Waals surface area contributed by atoms with Gasteiger partial charge in [-0.1, -0.05) is 6.92 Å². The van der Waals surface area contributed by atoms with Gasteiger partial charge in [-0.3, -0.25) is 0 Å². The third-order valence-electron chi connectivity index (χ3n) is 2.83. The molecule has 2 rings (SSSR count). The van der Waals surface area contributed by atoms with Crippen LogP contribution in [0.5, 0.6) is 17.4 Å². The quantitative estimate of drug-likeness (QED) is 0.851. The van der Waals surface area contributed by atoms with Crippen LogP contribution in [0.3, 0.4) is 0 Å². The molecule has 0 spiro atoms. The van der Waals surface area contributed by atoms with E-state index in [-0.39, 0.29) is 0 Å². The minimum absolute atomic E-state index is 0.517. The number of nitrogens with one attached hydrogen (secondary N) is 1. The van der Waals surface area contributed by atoms with Crippen molar-refractivity contribution in [2.24, 2.45) is 0 Å². The molecule has 21 heavy (non-hydrogen) atoms. The second-order valence-corrected chi connectivity index (χ2v) is 5.26. The minimum atomic E-state index is 0.517. The molecule has 112 valence electrons. The fraction of sp³-hybridized carbons (Fsp3) is 0.333. The number of aromatic nitrogens is 2. The van der Waals surface area contributed by atoms with Crippen molar-refractivity contribution in [3.8, 4) is 17.4 Å². The predicted molar refractivity (Wildman–Crippen MR) is 86.3 cm³/mol. The van der Waals surface area contributed by atoms with E-state index in [0.29, 0.717) is 11.6 Å². The molecule has 5 nitrogen and oxygen atoms in total. The number of nitrogens with zero attached hydrogens (tertiary/aromatic N) is 2. The molecule has 0 unspecified atom stereocenters. The van der Waals surface area contributed by atoms with Gasteiger partial charge in [0.25, 0.3) is 0 Å². The van der Waals surface area contributed by atoms with Crippen LogP contribution in [0, 0.1) is 0 Å². The third-order valence-corrected chi connectivity index (χ3v) is 3.45. The number of rotatable bonds is 6. The van der Waals surface area contributed by atoms with E-state index in [0.717, 1.165) is 34.7 Å². The topological polar surface area (TPSA) is 56.3 Å². The zero-order valence-electron chi connectivity index (χ0n) is 12.3. The maximum atomic E-state index is 5.84. The molecule has 6 heteroatoms. The zero-order valence-corrected chi connectivity index (χ0v) is 13.9. The van der Waals surface area contributed by atoms with Crippen LogP contribution < -0.4 is 14.8 Å². The first-order valence-corrected chi connectivity index (χ1v) is 7.52. The Balaban J connectivity index is 2.27. The molecule has 0 aliphatic rings. The van der Waals surface area contributed by atoms with Gasteiger partial charge in [-0.05, 0) is 40.5 Å². The van der Waals surface area contributed by atoms with Crippen LogP contribution in [0.15, 0.2) is 28.7 Å². The summed E-state index contributed by atoms with van der Waals surface area (Å²) in [4.78, 5) is 8.82. The smallest absolute Gasteiger partial charge is 0.224 e. The lowest BCUT2D eigenvalue weighted by Crippen LogP contribution is -2.02. The Morgan fingerprint density at radius 2 is 2.05 bits per heavy atom. The van der Waals surface area contributed by atoms with Crippen LogP contribution >= 0.6 is 15.9 Å². The van der Waals surface area contributed by atoms with E-state index < -0.39 is 0 Å². The second-order valence-electron chi connectivity index (χ2n) is 4.41. The fourth-order valence-electron chi connectivity index (χ4n) is 1.79. The van der Waals surface area contributed by atoms with Crippen LogP contribution in [-0.4, -0.2) is 24.1 Å². The molecule has 1 aromatic carbocycles. The van der Waals surface area contributed by atoms with Crippen molar-refractivity contribution in [2.75, 3.05) is 19.5 Å². The second kappa shape index (κ2) is 7.26. The molecule has 1 N–H and O–H groups in total. The molecule has 1 aromatic heterocycles. The van der Waals surface area contributed by atoms with E-state index in [1.54, 1.807) is 13.2 Å². The first-order valence-electron chi connectivity index (χ1n) is 6.73. The number of methoxy groups -OCH3 is 1. The standard InChI is InChI=1S/C15H18BrN3O2/c1-4-5-13-18-14(17-2)9-15(19-13)21-12-7-6-10(20-3)8-11(12)16/h6-9H,4-5H2,1-3H3,(H,17,18,19). The third kappa shape index (κ3) is 4.07. The Hall–Kier alpha value is -1.82. The number of benzene rings is 1. The number of aryl methyl sites for hydroxylation is 1. The van der Waals surface area contributed by atoms with Crippen molar-refractivity contribution in [1.29, 1.82) is 0 Å². The van der Waals surface area contributed by atoms with Gasteiger partial charge in [-0.25, -0.2) is 4.98 Å². The Kier molecular flexibility index (Phi) is 5.38. The van der Waals surface area contributed by atoms with Crippen molar-refractivity contribution in [3.63, 3.8) is 0 Å². The maximum Gasteiger partial charge on any atom is 0.224 e. The summed E-state index contributed by atoms with van der Waals surface area (Å²) in [6.07, 6.45) is 1.80. The zero-order chi connectivity index (χ0) is 15.2. The van der Waals surface area contributed by atoms with Crippen LogP contribution in [0.4, 0.5) is 5.82 Å². The van der Waals surface area contributed by atoms with Crippen molar-refractivity contribution in [2.45, 2.75) is 19.8 Å². The largest absolute Gasteiger partial charge is 0.497 e. The molecular weight excluding hydrogens is 334 g/mol. The molecule has 1 heterocycles. The van der Waals surface area contributed by atoms with E-state index in [9.17, 15) is 0 Å². The first-order chi connectivity index (χ1) is 10.2. The summed E-state index contributed by atoms with van der Waals surface area (Å²) in [5, 5.41) is 3.02. The molecule has 0 bridgehead atoms. The highest BCUT2D eigenvalue weighted by molar-refractivity contribution is 9.10. The summed E-state index contributed by atoms with van der Waals surface area (Å²) in [7, 11) is 3.45. The average Bonchev–Trinajstić information content (AvgIpc) is 2.49. The lowest BCUT2D eigenvalue weighted by atomic mass is 10.3. The van der Waals surface area contributed by atoms with Crippen LogP contribution in [-0.2, 0) is 6.42 Å². The van der Waals surface area contributed by atoms with Gasteiger partial charge in [0.15, 0.2) is 0 Å². The number of anilines is 1. The molecule has 0 atom stereocenters. The van der Waals surface area contributed by atoms with Crippen molar-refractivity contribution in [1.82, 2.24) is 9.97 Å². The van der Waals surface area contributed by atoms with Gasteiger partial charge in [0.2, 0.25) is 5.88 Å². The lowest BCUT2D eigenvalue weighted by Gasteiger charge is -2.10. The molecule has 0 fully saturated rings. The van der Waals surface area contributed by atoms with Crippen molar-refractivity contribution >= 4 is 21.7 Å². The summed E-state index contributed by atoms with van der Waals surface area (Å²) in [5.74, 6) is 3.47. The summed E-state index contributed by atoms with van der Waals surface area (Å²) in [6.45, 7) is 2.09. The predicted octanol–water partition coefficient (Wildman–Crippen LogP) is 4.03. The lowest BCUT2D eigenvalue weighted by molar-refractivity contribution is 0.411. The highest BCUT2D eigenvalue weighted by atomic mass is 79.9. The monoisotopic (exact) mass is 351 g/mol. The number of hydrogen-bond acceptors (Lipinski definition) is 5.